The lowest BCUT2D eigenvalue weighted by molar-refractivity contribution is -0.132. The molecular formula is C27H36ClN3O2. The average molecular weight is 470 g/mol. The van der Waals surface area contributed by atoms with Crippen molar-refractivity contribution in [2.24, 2.45) is 11.3 Å². The Bertz CT molecular complexity index is 917. The van der Waals surface area contributed by atoms with Crippen LogP contribution in [-0.4, -0.2) is 42.9 Å². The summed E-state index contributed by atoms with van der Waals surface area (Å²) in [4.78, 5) is 29.4. The molecule has 2 amide bonds. The van der Waals surface area contributed by atoms with Gasteiger partial charge in [0.1, 0.15) is 5.38 Å². The van der Waals surface area contributed by atoms with Crippen LogP contribution in [0.1, 0.15) is 51.5 Å². The van der Waals surface area contributed by atoms with Gasteiger partial charge >= 0.3 is 0 Å². The van der Waals surface area contributed by atoms with Crippen LogP contribution in [0.3, 0.4) is 0 Å². The Morgan fingerprint density at radius 3 is 2.15 bits per heavy atom. The summed E-state index contributed by atoms with van der Waals surface area (Å²) in [6.45, 7) is 11.9. The van der Waals surface area contributed by atoms with Gasteiger partial charge in [-0.1, -0.05) is 58.0 Å². The van der Waals surface area contributed by atoms with Gasteiger partial charge in [0.15, 0.2) is 0 Å². The maximum atomic E-state index is 12.7. The number of hydrogen-bond acceptors (Lipinski definition) is 3. The third-order valence-corrected chi connectivity index (χ3v) is 6.39. The minimum atomic E-state index is -0.734. The zero-order chi connectivity index (χ0) is 24.0. The van der Waals surface area contributed by atoms with Crippen molar-refractivity contribution >= 4 is 34.8 Å². The fraction of sp³-hybridized carbons (Fsp3) is 0.481. The van der Waals surface area contributed by atoms with E-state index in [4.69, 9.17) is 11.6 Å². The Morgan fingerprint density at radius 2 is 1.58 bits per heavy atom. The summed E-state index contributed by atoms with van der Waals surface area (Å²) >= 11 is 6.31. The molecule has 0 bridgehead atoms. The summed E-state index contributed by atoms with van der Waals surface area (Å²) in [5.74, 6) is 0.412. The fourth-order valence-electron chi connectivity index (χ4n) is 4.49. The van der Waals surface area contributed by atoms with Gasteiger partial charge in [-0.15, -0.1) is 11.6 Å². The first-order chi connectivity index (χ1) is 15.6. The molecule has 1 fully saturated rings. The van der Waals surface area contributed by atoms with E-state index in [1.54, 1.807) is 0 Å². The number of rotatable bonds is 7. The molecule has 1 aliphatic heterocycles. The maximum Gasteiger partial charge on any atom is 0.246 e. The normalized spacial score (nSPS) is 16.3. The number of piperazine rings is 1. The van der Waals surface area contributed by atoms with Gasteiger partial charge in [0.25, 0.3) is 0 Å². The predicted molar refractivity (Wildman–Crippen MR) is 137 cm³/mol. The van der Waals surface area contributed by atoms with Crippen molar-refractivity contribution in [1.29, 1.82) is 0 Å². The van der Waals surface area contributed by atoms with E-state index < -0.39 is 5.38 Å². The summed E-state index contributed by atoms with van der Waals surface area (Å²) in [6.07, 6.45) is 1.67. The molecule has 2 aromatic carbocycles. The fourth-order valence-corrected chi connectivity index (χ4v) is 4.69. The number of nitrogens with zero attached hydrogens (tertiary/aromatic N) is 2. The van der Waals surface area contributed by atoms with Crippen LogP contribution in [0.5, 0.6) is 0 Å². The van der Waals surface area contributed by atoms with Gasteiger partial charge in [-0.3, -0.25) is 9.59 Å². The van der Waals surface area contributed by atoms with Crippen LogP contribution in [0.25, 0.3) is 0 Å². The number of benzene rings is 2. The van der Waals surface area contributed by atoms with Gasteiger partial charge in [0, 0.05) is 44.0 Å². The molecule has 5 nitrogen and oxygen atoms in total. The molecule has 33 heavy (non-hydrogen) atoms. The van der Waals surface area contributed by atoms with Crippen LogP contribution in [0.4, 0.5) is 11.4 Å². The Balaban J connectivity index is 1.48. The van der Waals surface area contributed by atoms with Crippen LogP contribution in [0.2, 0.25) is 0 Å². The molecule has 1 saturated heterocycles. The summed E-state index contributed by atoms with van der Waals surface area (Å²) in [6, 6.07) is 17.1. The second-order valence-electron chi connectivity index (χ2n) is 10.3. The molecule has 2 unspecified atom stereocenters. The lowest BCUT2D eigenvalue weighted by atomic mass is 9.84. The van der Waals surface area contributed by atoms with Crippen molar-refractivity contribution in [3.8, 4) is 0 Å². The molecule has 2 atom stereocenters. The Kier molecular flexibility index (Phi) is 8.41. The van der Waals surface area contributed by atoms with Gasteiger partial charge in [0.05, 0.1) is 0 Å². The summed E-state index contributed by atoms with van der Waals surface area (Å²) in [5.41, 5.74) is 2.82. The van der Waals surface area contributed by atoms with Crippen molar-refractivity contribution in [2.75, 3.05) is 36.4 Å². The molecule has 2 aromatic rings. The lowest BCUT2D eigenvalue weighted by Crippen LogP contribution is -2.49. The van der Waals surface area contributed by atoms with Crippen molar-refractivity contribution in [2.45, 2.75) is 45.9 Å². The van der Waals surface area contributed by atoms with Gasteiger partial charge < -0.3 is 15.1 Å². The number of anilines is 2. The molecule has 0 spiro atoms. The number of hydrogen-bond donors (Lipinski definition) is 1. The number of nitrogens with one attached hydrogen (secondary N) is 1. The molecule has 1 N–H and O–H groups in total. The van der Waals surface area contributed by atoms with Crippen molar-refractivity contribution in [3.63, 3.8) is 0 Å². The molecule has 1 heterocycles. The molecule has 0 saturated carbocycles. The largest absolute Gasteiger partial charge is 0.368 e. The van der Waals surface area contributed by atoms with E-state index >= 15 is 0 Å². The van der Waals surface area contributed by atoms with Crippen LogP contribution in [0.15, 0.2) is 54.6 Å². The third kappa shape index (κ3) is 7.50. The molecular weight excluding hydrogens is 434 g/mol. The highest BCUT2D eigenvalue weighted by molar-refractivity contribution is 6.32. The number of alkyl halides is 1. The molecule has 6 heteroatoms. The Hall–Kier alpha value is -2.53. The number of carbonyl (C=O) groups excluding carboxylic acids is 2. The van der Waals surface area contributed by atoms with Gasteiger partial charge in [0.2, 0.25) is 11.8 Å². The zero-order valence-electron chi connectivity index (χ0n) is 20.2. The summed E-state index contributed by atoms with van der Waals surface area (Å²) in [5, 5.41) is 2.15. The van der Waals surface area contributed by atoms with E-state index in [0.29, 0.717) is 18.0 Å². The molecule has 1 aliphatic rings. The van der Waals surface area contributed by atoms with Crippen LogP contribution < -0.4 is 10.2 Å². The first-order valence-corrected chi connectivity index (χ1v) is 12.2. The highest BCUT2D eigenvalue weighted by atomic mass is 35.5. The quantitative estimate of drug-likeness (QED) is 0.528. The predicted octanol–water partition coefficient (Wildman–Crippen LogP) is 5.72. The maximum absolute atomic E-state index is 12.7. The topological polar surface area (TPSA) is 52.7 Å². The van der Waals surface area contributed by atoms with Crippen molar-refractivity contribution < 1.29 is 9.59 Å². The van der Waals surface area contributed by atoms with Crippen molar-refractivity contribution in [3.05, 3.63) is 60.2 Å². The highest BCUT2D eigenvalue weighted by Gasteiger charge is 2.24. The van der Waals surface area contributed by atoms with Gasteiger partial charge in [-0.25, -0.2) is 0 Å². The van der Waals surface area contributed by atoms with Gasteiger partial charge in [-0.05, 0) is 47.6 Å². The van der Waals surface area contributed by atoms with Crippen LogP contribution >= 0.6 is 11.6 Å². The molecule has 3 rings (SSSR count). The third-order valence-electron chi connectivity index (χ3n) is 5.94. The van der Waals surface area contributed by atoms with E-state index in [1.807, 2.05) is 59.5 Å². The minimum absolute atomic E-state index is 0.246. The Morgan fingerprint density at radius 1 is 0.970 bits per heavy atom. The second kappa shape index (κ2) is 11.1. The Labute approximate surface area is 203 Å². The van der Waals surface area contributed by atoms with E-state index in [1.165, 1.54) is 0 Å². The van der Waals surface area contributed by atoms with Crippen molar-refractivity contribution in [1.82, 2.24) is 4.90 Å². The molecule has 178 valence electrons. The number of halogens is 1. The average Bonchev–Trinajstić information content (AvgIpc) is 2.78. The van der Waals surface area contributed by atoms with E-state index in [-0.39, 0.29) is 17.2 Å². The first kappa shape index (κ1) is 25.1. The number of amides is 2. The summed E-state index contributed by atoms with van der Waals surface area (Å²) in [7, 11) is 0. The smallest absolute Gasteiger partial charge is 0.246 e. The van der Waals surface area contributed by atoms with Crippen LogP contribution in [0, 0.1) is 11.3 Å². The van der Waals surface area contributed by atoms with E-state index in [9.17, 15) is 9.59 Å². The number of carbonyl (C=O) groups is 2. The van der Waals surface area contributed by atoms with E-state index in [2.05, 4.69) is 37.9 Å². The first-order valence-electron chi connectivity index (χ1n) is 11.7. The SMILES string of the molecule is CC(CC(=O)N1CCN(c2ccc(NC(=O)C(Cl)c3ccccc3)cc2)CC1)CC(C)(C)C. The highest BCUT2D eigenvalue weighted by Crippen LogP contribution is 2.27. The van der Waals surface area contributed by atoms with Crippen LogP contribution in [-0.2, 0) is 9.59 Å². The van der Waals surface area contributed by atoms with Gasteiger partial charge in [-0.2, -0.15) is 0 Å². The minimum Gasteiger partial charge on any atom is -0.368 e. The molecule has 0 radical (unpaired) electrons. The molecule has 0 aromatic heterocycles. The van der Waals surface area contributed by atoms with E-state index in [0.717, 1.165) is 43.9 Å². The monoisotopic (exact) mass is 469 g/mol. The molecule has 0 aliphatic carbocycles. The second-order valence-corrected chi connectivity index (χ2v) is 10.7. The zero-order valence-corrected chi connectivity index (χ0v) is 20.9. The standard InChI is InChI=1S/C27H36ClN3O2/c1-20(19-27(2,3)4)18-24(32)31-16-14-30(15-17-31)23-12-10-22(11-13-23)29-26(33)25(28)21-8-6-5-7-9-21/h5-13,20,25H,14-19H2,1-4H3,(H,29,33). The summed E-state index contributed by atoms with van der Waals surface area (Å²) < 4.78 is 0. The lowest BCUT2D eigenvalue weighted by Gasteiger charge is -2.37.